The van der Waals surface area contributed by atoms with Crippen molar-refractivity contribution in [2.24, 2.45) is 0 Å². The van der Waals surface area contributed by atoms with Crippen LogP contribution in [-0.4, -0.2) is 38.3 Å². The van der Waals surface area contributed by atoms with Gasteiger partial charge in [0.05, 0.1) is 5.69 Å². The molecule has 1 aliphatic rings. The normalized spacial score (nSPS) is 18.0. The molecule has 1 aliphatic heterocycles. The molecule has 0 spiro atoms. The molecule has 3 aromatic heterocycles. The first kappa shape index (κ1) is 14.9. The summed E-state index contributed by atoms with van der Waals surface area (Å²) in [5, 5.41) is 0. The van der Waals surface area contributed by atoms with E-state index in [4.69, 9.17) is 0 Å². The number of carbonyl (C=O) groups is 1. The van der Waals surface area contributed by atoms with Crippen LogP contribution in [0.3, 0.4) is 0 Å². The van der Waals surface area contributed by atoms with Crippen LogP contribution < -0.4 is 0 Å². The Morgan fingerprint density at radius 1 is 1.21 bits per heavy atom. The number of piperidine rings is 1. The van der Waals surface area contributed by atoms with Gasteiger partial charge in [-0.15, -0.1) is 0 Å². The molecule has 1 atom stereocenters. The number of imidazole rings is 1. The number of likely N-dealkylation sites (tertiary alicyclic amines) is 1. The second kappa shape index (κ2) is 6.07. The van der Waals surface area contributed by atoms with E-state index in [0.29, 0.717) is 11.6 Å². The number of rotatable bonds is 2. The molecule has 0 saturated carbocycles. The van der Waals surface area contributed by atoms with Crippen molar-refractivity contribution in [3.05, 3.63) is 65.9 Å². The van der Waals surface area contributed by atoms with Crippen LogP contribution in [0.1, 0.15) is 40.6 Å². The number of hydrogen-bond donors (Lipinski definition) is 0. The van der Waals surface area contributed by atoms with Crippen molar-refractivity contribution < 1.29 is 4.79 Å². The Kier molecular flexibility index (Phi) is 3.76. The van der Waals surface area contributed by atoms with Gasteiger partial charge in [0.1, 0.15) is 11.3 Å². The first-order chi connectivity index (χ1) is 11.7. The van der Waals surface area contributed by atoms with E-state index in [9.17, 15) is 4.79 Å². The van der Waals surface area contributed by atoms with E-state index in [-0.39, 0.29) is 5.91 Å². The monoisotopic (exact) mass is 320 g/mol. The van der Waals surface area contributed by atoms with Crippen LogP contribution in [0, 0.1) is 6.92 Å². The number of hydrogen-bond acceptors (Lipinski definition) is 3. The van der Waals surface area contributed by atoms with Gasteiger partial charge < -0.3 is 9.30 Å². The van der Waals surface area contributed by atoms with E-state index >= 15 is 0 Å². The first-order valence-electron chi connectivity index (χ1n) is 8.37. The molecular formula is C19H20N4O. The van der Waals surface area contributed by atoms with Gasteiger partial charge in [-0.25, -0.2) is 4.98 Å². The molecule has 0 aliphatic carbocycles. The fraction of sp³-hybridized carbons (Fsp3) is 0.316. The third-order valence-corrected chi connectivity index (χ3v) is 4.66. The SMILES string of the molecule is Cc1cn2c(C3CCCN(C(=O)c4ccccn4)C3)cccc2n1. The van der Waals surface area contributed by atoms with Crippen LogP contribution in [0.25, 0.3) is 5.65 Å². The molecule has 1 unspecified atom stereocenters. The second-order valence-electron chi connectivity index (χ2n) is 6.37. The number of fused-ring (bicyclic) bond motifs is 1. The molecule has 1 saturated heterocycles. The van der Waals surface area contributed by atoms with E-state index in [1.54, 1.807) is 12.3 Å². The van der Waals surface area contributed by atoms with Crippen molar-refractivity contribution in [1.82, 2.24) is 19.3 Å². The average Bonchev–Trinajstić information content (AvgIpc) is 3.02. The predicted molar refractivity (Wildman–Crippen MR) is 92.0 cm³/mol. The van der Waals surface area contributed by atoms with Gasteiger partial charge in [-0.2, -0.15) is 0 Å². The summed E-state index contributed by atoms with van der Waals surface area (Å²) in [4.78, 5) is 23.4. The standard InChI is InChI=1S/C19H20N4O/c1-14-12-23-17(8-4-9-18(23)21-14)15-6-5-11-22(13-15)19(24)16-7-2-3-10-20-16/h2-4,7-10,12,15H,5-6,11,13H2,1H3. The van der Waals surface area contributed by atoms with Crippen molar-refractivity contribution in [2.45, 2.75) is 25.7 Å². The van der Waals surface area contributed by atoms with Gasteiger partial charge in [0.25, 0.3) is 5.91 Å². The van der Waals surface area contributed by atoms with Gasteiger partial charge in [-0.05, 0) is 44.0 Å². The highest BCUT2D eigenvalue weighted by molar-refractivity contribution is 5.92. The van der Waals surface area contributed by atoms with Gasteiger partial charge >= 0.3 is 0 Å². The maximum Gasteiger partial charge on any atom is 0.272 e. The Bertz CT molecular complexity index is 871. The molecule has 1 fully saturated rings. The summed E-state index contributed by atoms with van der Waals surface area (Å²) in [6, 6.07) is 11.7. The van der Waals surface area contributed by atoms with Crippen LogP contribution in [0.4, 0.5) is 0 Å². The number of aryl methyl sites for hydroxylation is 1. The van der Waals surface area contributed by atoms with E-state index in [1.807, 2.05) is 30.0 Å². The molecule has 3 aromatic rings. The molecule has 0 aromatic carbocycles. The van der Waals surface area contributed by atoms with Gasteiger partial charge in [0, 0.05) is 37.1 Å². The maximum absolute atomic E-state index is 12.7. The molecule has 4 rings (SSSR count). The van der Waals surface area contributed by atoms with Gasteiger partial charge in [-0.1, -0.05) is 12.1 Å². The highest BCUT2D eigenvalue weighted by atomic mass is 16.2. The lowest BCUT2D eigenvalue weighted by atomic mass is 9.93. The van der Waals surface area contributed by atoms with Gasteiger partial charge in [0.2, 0.25) is 0 Å². The summed E-state index contributed by atoms with van der Waals surface area (Å²) in [5.74, 6) is 0.345. The third-order valence-electron chi connectivity index (χ3n) is 4.66. The second-order valence-corrected chi connectivity index (χ2v) is 6.37. The largest absolute Gasteiger partial charge is 0.337 e. The highest BCUT2D eigenvalue weighted by Gasteiger charge is 2.27. The summed E-state index contributed by atoms with van der Waals surface area (Å²) < 4.78 is 2.16. The van der Waals surface area contributed by atoms with Crippen molar-refractivity contribution >= 4 is 11.6 Å². The van der Waals surface area contributed by atoms with Crippen LogP contribution in [-0.2, 0) is 0 Å². The Hall–Kier alpha value is -2.69. The molecule has 1 amide bonds. The lowest BCUT2D eigenvalue weighted by molar-refractivity contribution is 0.0699. The van der Waals surface area contributed by atoms with Crippen molar-refractivity contribution in [1.29, 1.82) is 0 Å². The van der Waals surface area contributed by atoms with E-state index < -0.39 is 0 Å². The molecule has 4 heterocycles. The number of carbonyl (C=O) groups excluding carboxylic acids is 1. The van der Waals surface area contributed by atoms with E-state index in [2.05, 4.69) is 32.7 Å². The van der Waals surface area contributed by atoms with E-state index in [1.165, 1.54) is 5.69 Å². The molecule has 5 nitrogen and oxygen atoms in total. The zero-order valence-corrected chi connectivity index (χ0v) is 13.7. The number of aromatic nitrogens is 3. The van der Waals surface area contributed by atoms with Crippen LogP contribution in [0.2, 0.25) is 0 Å². The average molecular weight is 320 g/mol. The summed E-state index contributed by atoms with van der Waals surface area (Å²) in [5.41, 5.74) is 3.74. The van der Waals surface area contributed by atoms with E-state index in [0.717, 1.165) is 37.3 Å². The zero-order valence-electron chi connectivity index (χ0n) is 13.7. The molecular weight excluding hydrogens is 300 g/mol. The first-order valence-corrected chi connectivity index (χ1v) is 8.37. The Labute approximate surface area is 141 Å². The minimum atomic E-state index is 0.0225. The maximum atomic E-state index is 12.7. The fourth-order valence-electron chi connectivity index (χ4n) is 3.54. The van der Waals surface area contributed by atoms with Crippen molar-refractivity contribution in [3.63, 3.8) is 0 Å². The Balaban J connectivity index is 1.61. The smallest absolute Gasteiger partial charge is 0.272 e. The van der Waals surface area contributed by atoms with Gasteiger partial charge in [-0.3, -0.25) is 9.78 Å². The molecule has 5 heteroatoms. The third kappa shape index (κ3) is 2.66. The predicted octanol–water partition coefficient (Wildman–Crippen LogP) is 3.06. The minimum Gasteiger partial charge on any atom is -0.337 e. The lowest BCUT2D eigenvalue weighted by Crippen LogP contribution is -2.39. The van der Waals surface area contributed by atoms with Crippen molar-refractivity contribution in [3.8, 4) is 0 Å². The topological polar surface area (TPSA) is 50.5 Å². The fourth-order valence-corrected chi connectivity index (χ4v) is 3.54. The number of nitrogens with zero attached hydrogens (tertiary/aromatic N) is 4. The summed E-state index contributed by atoms with van der Waals surface area (Å²) in [7, 11) is 0. The van der Waals surface area contributed by atoms with Crippen LogP contribution >= 0.6 is 0 Å². The molecule has 24 heavy (non-hydrogen) atoms. The Morgan fingerprint density at radius 2 is 2.12 bits per heavy atom. The number of pyridine rings is 2. The highest BCUT2D eigenvalue weighted by Crippen LogP contribution is 2.28. The quantitative estimate of drug-likeness (QED) is 0.729. The Morgan fingerprint density at radius 3 is 2.96 bits per heavy atom. The minimum absolute atomic E-state index is 0.0225. The molecule has 0 radical (unpaired) electrons. The molecule has 0 bridgehead atoms. The number of amides is 1. The lowest BCUT2D eigenvalue weighted by Gasteiger charge is -2.33. The van der Waals surface area contributed by atoms with Crippen LogP contribution in [0.15, 0.2) is 48.8 Å². The summed E-state index contributed by atoms with van der Waals surface area (Å²) >= 11 is 0. The van der Waals surface area contributed by atoms with Crippen molar-refractivity contribution in [2.75, 3.05) is 13.1 Å². The summed E-state index contributed by atoms with van der Waals surface area (Å²) in [6.07, 6.45) is 5.84. The molecule has 122 valence electrons. The van der Waals surface area contributed by atoms with Gasteiger partial charge in [0.15, 0.2) is 0 Å². The summed E-state index contributed by atoms with van der Waals surface area (Å²) in [6.45, 7) is 3.53. The zero-order chi connectivity index (χ0) is 16.5. The molecule has 0 N–H and O–H groups in total. The van der Waals surface area contributed by atoms with Crippen LogP contribution in [0.5, 0.6) is 0 Å².